The minimum Gasteiger partial charge on any atom is -0.492 e. The number of carbonyl (C=O) groups excluding carboxylic acids is 1. The molecule has 0 spiro atoms. The van der Waals surface area contributed by atoms with Gasteiger partial charge in [0, 0.05) is 18.1 Å². The molecular formula is C22H19ClFNO4. The average molecular weight is 416 g/mol. The van der Waals surface area contributed by atoms with E-state index in [0.717, 1.165) is 0 Å². The zero-order valence-electron chi connectivity index (χ0n) is 15.8. The molecule has 2 aliphatic heterocycles. The number of morpholine rings is 1. The Bertz CT molecular complexity index is 994. The Morgan fingerprint density at radius 3 is 2.52 bits per heavy atom. The molecule has 0 atom stereocenters. The van der Waals surface area contributed by atoms with E-state index in [4.69, 9.17) is 25.8 Å². The fourth-order valence-corrected chi connectivity index (χ4v) is 3.53. The van der Waals surface area contributed by atoms with Crippen LogP contribution in [0.2, 0.25) is 5.02 Å². The highest BCUT2D eigenvalue weighted by Gasteiger charge is 2.32. The molecule has 5 nitrogen and oxygen atoms in total. The molecule has 2 aromatic carbocycles. The van der Waals surface area contributed by atoms with E-state index in [-0.39, 0.29) is 11.6 Å². The summed E-state index contributed by atoms with van der Waals surface area (Å²) in [7, 11) is 1.46. The van der Waals surface area contributed by atoms with Gasteiger partial charge in [-0.3, -0.25) is 0 Å². The van der Waals surface area contributed by atoms with Gasteiger partial charge in [-0.2, -0.15) is 0 Å². The molecule has 7 heteroatoms. The summed E-state index contributed by atoms with van der Waals surface area (Å²) in [5, 5.41) is 0.561. The second kappa shape index (κ2) is 8.27. The maximum absolute atomic E-state index is 14.7. The van der Waals surface area contributed by atoms with Crippen LogP contribution in [0.25, 0.3) is 11.6 Å². The molecule has 0 N–H and O–H groups in total. The zero-order valence-corrected chi connectivity index (χ0v) is 16.5. The van der Waals surface area contributed by atoms with Gasteiger partial charge in [-0.15, -0.1) is 0 Å². The summed E-state index contributed by atoms with van der Waals surface area (Å²) in [6.07, 6.45) is 1.59. The fourth-order valence-electron chi connectivity index (χ4n) is 3.40. The summed E-state index contributed by atoms with van der Waals surface area (Å²) in [6.45, 7) is 2.46. The number of hydrogen-bond acceptors (Lipinski definition) is 5. The van der Waals surface area contributed by atoms with Crippen molar-refractivity contribution >= 4 is 34.9 Å². The quantitative estimate of drug-likeness (QED) is 0.698. The van der Waals surface area contributed by atoms with Gasteiger partial charge in [0.05, 0.1) is 26.0 Å². The molecule has 1 fully saturated rings. The lowest BCUT2D eigenvalue weighted by Crippen LogP contribution is -2.36. The SMILES string of the molecule is COC1=C(c2ccc(Cl)cc2)C(=O)O/C1=C\c1ccc(N2CCOCC2)c(F)c1. The van der Waals surface area contributed by atoms with Crippen LogP contribution >= 0.6 is 11.6 Å². The number of nitrogens with zero attached hydrogens (tertiary/aromatic N) is 1. The number of rotatable bonds is 4. The Hall–Kier alpha value is -2.83. The molecule has 4 rings (SSSR count). The molecule has 0 saturated carbocycles. The van der Waals surface area contributed by atoms with Gasteiger partial charge in [0.15, 0.2) is 11.5 Å². The van der Waals surface area contributed by atoms with Crippen LogP contribution < -0.4 is 4.90 Å². The van der Waals surface area contributed by atoms with Crippen molar-refractivity contribution in [2.75, 3.05) is 38.3 Å². The maximum Gasteiger partial charge on any atom is 0.348 e. The summed E-state index contributed by atoms with van der Waals surface area (Å²) >= 11 is 5.92. The predicted molar refractivity (Wildman–Crippen MR) is 109 cm³/mol. The average Bonchev–Trinajstić information content (AvgIpc) is 3.04. The number of halogens is 2. The number of carbonyl (C=O) groups is 1. The van der Waals surface area contributed by atoms with E-state index in [9.17, 15) is 9.18 Å². The minimum atomic E-state index is -0.527. The highest BCUT2D eigenvalue weighted by atomic mass is 35.5. The molecule has 0 radical (unpaired) electrons. The molecule has 0 amide bonds. The minimum absolute atomic E-state index is 0.237. The number of ether oxygens (including phenoxy) is 3. The summed E-state index contributed by atoms with van der Waals surface area (Å²) in [5.74, 6) is -0.330. The van der Waals surface area contributed by atoms with Gasteiger partial charge in [-0.05, 0) is 41.5 Å². The third-order valence-electron chi connectivity index (χ3n) is 4.82. The van der Waals surface area contributed by atoms with Crippen LogP contribution in [0.1, 0.15) is 11.1 Å². The molecule has 0 aromatic heterocycles. The van der Waals surface area contributed by atoms with Crippen LogP contribution in [-0.4, -0.2) is 39.4 Å². The van der Waals surface area contributed by atoms with Crippen molar-refractivity contribution in [1.82, 2.24) is 0 Å². The largest absolute Gasteiger partial charge is 0.492 e. The van der Waals surface area contributed by atoms with Crippen LogP contribution in [0.4, 0.5) is 10.1 Å². The lowest BCUT2D eigenvalue weighted by atomic mass is 10.0. The zero-order chi connectivity index (χ0) is 20.4. The van der Waals surface area contributed by atoms with Gasteiger partial charge < -0.3 is 19.1 Å². The van der Waals surface area contributed by atoms with Crippen molar-refractivity contribution in [3.05, 3.63) is 75.9 Å². The molecule has 29 heavy (non-hydrogen) atoms. The number of methoxy groups -OCH3 is 1. The van der Waals surface area contributed by atoms with E-state index in [0.29, 0.717) is 59.5 Å². The number of cyclic esters (lactones) is 1. The van der Waals surface area contributed by atoms with Crippen LogP contribution in [0.15, 0.2) is 54.0 Å². The Morgan fingerprint density at radius 2 is 1.86 bits per heavy atom. The van der Waals surface area contributed by atoms with E-state index < -0.39 is 5.97 Å². The lowest BCUT2D eigenvalue weighted by molar-refractivity contribution is -0.131. The summed E-state index contributed by atoms with van der Waals surface area (Å²) in [6, 6.07) is 11.7. The maximum atomic E-state index is 14.7. The smallest absolute Gasteiger partial charge is 0.348 e. The second-order valence-electron chi connectivity index (χ2n) is 6.62. The Labute approximate surface area is 172 Å². The first-order valence-corrected chi connectivity index (χ1v) is 9.55. The van der Waals surface area contributed by atoms with Crippen molar-refractivity contribution in [2.24, 2.45) is 0 Å². The highest BCUT2D eigenvalue weighted by Crippen LogP contribution is 2.35. The van der Waals surface area contributed by atoms with E-state index in [2.05, 4.69) is 0 Å². The lowest BCUT2D eigenvalue weighted by Gasteiger charge is -2.29. The van der Waals surface area contributed by atoms with Gasteiger partial charge in [0.25, 0.3) is 0 Å². The first kappa shape index (κ1) is 19.5. The van der Waals surface area contributed by atoms with Gasteiger partial charge in [0.2, 0.25) is 0 Å². The van der Waals surface area contributed by atoms with Crippen LogP contribution in [-0.2, 0) is 19.0 Å². The van der Waals surface area contributed by atoms with Crippen LogP contribution in [0.5, 0.6) is 0 Å². The highest BCUT2D eigenvalue weighted by molar-refractivity contribution is 6.30. The third-order valence-corrected chi connectivity index (χ3v) is 5.07. The number of anilines is 1. The normalized spacial score (nSPS) is 18.4. The van der Waals surface area contributed by atoms with E-state index in [1.165, 1.54) is 13.2 Å². The Balaban J connectivity index is 1.66. The van der Waals surface area contributed by atoms with Gasteiger partial charge in [0.1, 0.15) is 11.4 Å². The first-order valence-electron chi connectivity index (χ1n) is 9.17. The third kappa shape index (κ3) is 3.99. The Kier molecular flexibility index (Phi) is 5.56. The summed E-state index contributed by atoms with van der Waals surface area (Å²) in [4.78, 5) is 14.4. The topological polar surface area (TPSA) is 48.0 Å². The van der Waals surface area contributed by atoms with Crippen molar-refractivity contribution < 1.29 is 23.4 Å². The Morgan fingerprint density at radius 1 is 1.14 bits per heavy atom. The molecule has 0 bridgehead atoms. The first-order chi connectivity index (χ1) is 14.1. The van der Waals surface area contributed by atoms with Crippen molar-refractivity contribution in [2.45, 2.75) is 0 Å². The van der Waals surface area contributed by atoms with Crippen molar-refractivity contribution in [3.8, 4) is 0 Å². The number of benzene rings is 2. The molecule has 2 heterocycles. The molecule has 2 aliphatic rings. The van der Waals surface area contributed by atoms with Crippen LogP contribution in [0.3, 0.4) is 0 Å². The van der Waals surface area contributed by atoms with Crippen molar-refractivity contribution in [1.29, 1.82) is 0 Å². The number of esters is 1. The molecular weight excluding hydrogens is 397 g/mol. The van der Waals surface area contributed by atoms with E-state index in [1.54, 1.807) is 42.5 Å². The predicted octanol–water partition coefficient (Wildman–Crippen LogP) is 4.27. The molecule has 150 valence electrons. The van der Waals surface area contributed by atoms with Crippen LogP contribution in [0, 0.1) is 5.82 Å². The van der Waals surface area contributed by atoms with Gasteiger partial charge >= 0.3 is 5.97 Å². The molecule has 0 unspecified atom stereocenters. The molecule has 2 aromatic rings. The second-order valence-corrected chi connectivity index (χ2v) is 7.06. The standard InChI is InChI=1S/C22H19ClFNO4/c1-27-21-19(29-22(26)20(21)15-3-5-16(23)6-4-15)13-14-2-7-18(17(24)12-14)25-8-10-28-11-9-25/h2-7,12-13H,8-11H2,1H3/b19-13-. The fraction of sp³-hybridized carbons (Fsp3) is 0.227. The monoisotopic (exact) mass is 415 g/mol. The van der Waals surface area contributed by atoms with Gasteiger partial charge in [-0.25, -0.2) is 9.18 Å². The van der Waals surface area contributed by atoms with Gasteiger partial charge in [-0.1, -0.05) is 29.8 Å². The number of hydrogen-bond donors (Lipinski definition) is 0. The molecule has 1 saturated heterocycles. The van der Waals surface area contributed by atoms with E-state index in [1.807, 2.05) is 4.90 Å². The molecule has 0 aliphatic carbocycles. The summed E-state index contributed by atoms with van der Waals surface area (Å²) < 4.78 is 30.8. The van der Waals surface area contributed by atoms with E-state index >= 15 is 0 Å². The summed E-state index contributed by atoms with van der Waals surface area (Å²) in [5.41, 5.74) is 2.03. The van der Waals surface area contributed by atoms with Crippen molar-refractivity contribution in [3.63, 3.8) is 0 Å².